The molecule has 10 heteroatoms. The molecule has 0 saturated carbocycles. The highest BCUT2D eigenvalue weighted by molar-refractivity contribution is 7.99. The Balaban J connectivity index is 1.84. The number of amides is 1. The molecule has 0 aliphatic heterocycles. The number of carbonyl (C=O) groups excluding carboxylic acids is 1. The summed E-state index contributed by atoms with van der Waals surface area (Å²) in [5.41, 5.74) is 0.711. The van der Waals surface area contributed by atoms with Crippen molar-refractivity contribution in [2.75, 3.05) is 18.8 Å². The molecule has 6 nitrogen and oxygen atoms in total. The molecule has 24 heavy (non-hydrogen) atoms. The van der Waals surface area contributed by atoms with Gasteiger partial charge < -0.3 is 9.32 Å². The van der Waals surface area contributed by atoms with Gasteiger partial charge >= 0.3 is 6.18 Å². The van der Waals surface area contributed by atoms with E-state index in [1.165, 1.54) is 6.92 Å². The van der Waals surface area contributed by atoms with Crippen LogP contribution in [0.1, 0.15) is 13.3 Å². The largest absolute Gasteiger partial charge is 0.411 e. The number of hydrogen-bond donors (Lipinski definition) is 0. The maximum absolute atomic E-state index is 12.4. The molecule has 0 fully saturated rings. The third kappa shape index (κ3) is 5.52. The molecule has 2 aromatic heterocycles. The molecule has 0 N–H and O–H groups in total. The summed E-state index contributed by atoms with van der Waals surface area (Å²) in [6.45, 7) is 0.283. The fourth-order valence-corrected chi connectivity index (χ4v) is 2.54. The summed E-state index contributed by atoms with van der Waals surface area (Å²) in [5, 5.41) is 7.97. The first kappa shape index (κ1) is 18.2. The number of rotatable bonds is 7. The monoisotopic (exact) mass is 360 g/mol. The van der Waals surface area contributed by atoms with Gasteiger partial charge in [0.05, 0.1) is 0 Å². The third-order valence-corrected chi connectivity index (χ3v) is 3.80. The second kappa shape index (κ2) is 8.13. The maximum Gasteiger partial charge on any atom is 0.406 e. The lowest BCUT2D eigenvalue weighted by Gasteiger charge is -2.22. The van der Waals surface area contributed by atoms with Crippen molar-refractivity contribution in [1.29, 1.82) is 0 Å². The Labute approximate surface area is 140 Å². The molecule has 0 aromatic carbocycles. The molecule has 0 spiro atoms. The van der Waals surface area contributed by atoms with E-state index < -0.39 is 18.6 Å². The zero-order valence-electron chi connectivity index (χ0n) is 12.8. The van der Waals surface area contributed by atoms with Gasteiger partial charge in [-0.1, -0.05) is 11.8 Å². The van der Waals surface area contributed by atoms with Crippen LogP contribution in [0.4, 0.5) is 13.2 Å². The van der Waals surface area contributed by atoms with Crippen molar-refractivity contribution in [2.45, 2.75) is 24.7 Å². The quantitative estimate of drug-likeness (QED) is 0.707. The molecular formula is C14H15F3N4O2S. The number of aromatic nitrogens is 3. The smallest absolute Gasteiger partial charge is 0.406 e. The summed E-state index contributed by atoms with van der Waals surface area (Å²) in [5.74, 6) is 0.0141. The van der Waals surface area contributed by atoms with E-state index in [-0.39, 0.29) is 23.9 Å². The molecule has 0 bridgehead atoms. The Kier molecular flexibility index (Phi) is 6.18. The van der Waals surface area contributed by atoms with E-state index in [2.05, 4.69) is 15.2 Å². The zero-order valence-corrected chi connectivity index (χ0v) is 13.6. The molecule has 0 saturated heterocycles. The molecule has 2 aromatic rings. The summed E-state index contributed by atoms with van der Waals surface area (Å²) in [4.78, 5) is 16.5. The predicted octanol–water partition coefficient (Wildman–Crippen LogP) is 3.02. The molecular weight excluding hydrogens is 345 g/mol. The van der Waals surface area contributed by atoms with E-state index in [4.69, 9.17) is 4.42 Å². The molecule has 0 unspecified atom stereocenters. The summed E-state index contributed by atoms with van der Waals surface area (Å²) < 4.78 is 42.5. The van der Waals surface area contributed by atoms with Gasteiger partial charge in [0.15, 0.2) is 0 Å². The molecule has 0 aliphatic rings. The lowest BCUT2D eigenvalue weighted by Crippen LogP contribution is -2.38. The Bertz CT molecular complexity index is 664. The third-order valence-electron chi connectivity index (χ3n) is 2.98. The normalized spacial score (nSPS) is 11.5. The zero-order chi connectivity index (χ0) is 17.6. The average Bonchev–Trinajstić information content (AvgIpc) is 3.01. The SMILES string of the molecule is CCN(CC(F)(F)F)C(=O)CCSc1nnc(-c2ccncc2)o1. The highest BCUT2D eigenvalue weighted by Crippen LogP contribution is 2.23. The average molecular weight is 360 g/mol. The Morgan fingerprint density at radius 2 is 2.00 bits per heavy atom. The van der Waals surface area contributed by atoms with Gasteiger partial charge in [0.2, 0.25) is 11.8 Å². The van der Waals surface area contributed by atoms with Crippen LogP contribution in [-0.4, -0.2) is 51.0 Å². The van der Waals surface area contributed by atoms with Crippen molar-refractivity contribution in [3.8, 4) is 11.5 Å². The fraction of sp³-hybridized carbons (Fsp3) is 0.429. The summed E-state index contributed by atoms with van der Waals surface area (Å²) >= 11 is 1.13. The van der Waals surface area contributed by atoms with E-state index in [0.29, 0.717) is 11.5 Å². The number of pyridine rings is 1. The summed E-state index contributed by atoms with van der Waals surface area (Å²) in [7, 11) is 0. The van der Waals surface area contributed by atoms with Gasteiger partial charge in [0.25, 0.3) is 5.22 Å². The van der Waals surface area contributed by atoms with Gasteiger partial charge in [0, 0.05) is 36.7 Å². The van der Waals surface area contributed by atoms with Gasteiger partial charge in [-0.3, -0.25) is 9.78 Å². The van der Waals surface area contributed by atoms with Gasteiger partial charge in [0.1, 0.15) is 6.54 Å². The first-order valence-corrected chi connectivity index (χ1v) is 8.09. The van der Waals surface area contributed by atoms with Gasteiger partial charge in [-0.2, -0.15) is 13.2 Å². The standard InChI is InChI=1S/C14H15F3N4O2S/c1-2-21(9-14(15,16)17)11(22)5-8-24-13-20-19-12(23-13)10-3-6-18-7-4-10/h3-4,6-7H,2,5,8-9H2,1H3. The van der Waals surface area contributed by atoms with Crippen molar-refractivity contribution in [3.05, 3.63) is 24.5 Å². The first-order valence-electron chi connectivity index (χ1n) is 7.10. The van der Waals surface area contributed by atoms with Gasteiger partial charge in [-0.25, -0.2) is 0 Å². The van der Waals surface area contributed by atoms with Crippen LogP contribution < -0.4 is 0 Å². The fourth-order valence-electron chi connectivity index (χ4n) is 1.86. The van der Waals surface area contributed by atoms with Crippen LogP contribution in [0.5, 0.6) is 0 Å². The van der Waals surface area contributed by atoms with E-state index >= 15 is 0 Å². The summed E-state index contributed by atoms with van der Waals surface area (Å²) in [6.07, 6.45) is -1.26. The van der Waals surface area contributed by atoms with Crippen molar-refractivity contribution >= 4 is 17.7 Å². The lowest BCUT2D eigenvalue weighted by molar-refractivity contribution is -0.160. The minimum absolute atomic E-state index is 0.00968. The Morgan fingerprint density at radius 1 is 1.29 bits per heavy atom. The van der Waals surface area contributed by atoms with E-state index in [1.54, 1.807) is 24.5 Å². The molecule has 0 aliphatic carbocycles. The van der Waals surface area contributed by atoms with Gasteiger partial charge in [-0.05, 0) is 19.1 Å². The highest BCUT2D eigenvalue weighted by atomic mass is 32.2. The van der Waals surface area contributed by atoms with Crippen LogP contribution in [-0.2, 0) is 4.79 Å². The van der Waals surface area contributed by atoms with Crippen molar-refractivity contribution in [1.82, 2.24) is 20.1 Å². The topological polar surface area (TPSA) is 72.1 Å². The van der Waals surface area contributed by atoms with E-state index in [1.807, 2.05) is 0 Å². The number of hydrogen-bond acceptors (Lipinski definition) is 6. The number of carbonyl (C=O) groups is 1. The van der Waals surface area contributed by atoms with Crippen LogP contribution in [0.15, 0.2) is 34.2 Å². The van der Waals surface area contributed by atoms with Crippen molar-refractivity contribution in [2.24, 2.45) is 0 Å². The summed E-state index contributed by atoms with van der Waals surface area (Å²) in [6, 6.07) is 3.42. The molecule has 0 atom stereocenters. The number of thioether (sulfide) groups is 1. The van der Waals surface area contributed by atoms with Crippen LogP contribution in [0.2, 0.25) is 0 Å². The number of nitrogens with zero attached hydrogens (tertiary/aromatic N) is 4. The molecule has 1 amide bonds. The van der Waals surface area contributed by atoms with Crippen LogP contribution >= 0.6 is 11.8 Å². The predicted molar refractivity (Wildman–Crippen MR) is 81.2 cm³/mol. The number of halogens is 3. The van der Waals surface area contributed by atoms with Crippen molar-refractivity contribution < 1.29 is 22.4 Å². The maximum atomic E-state index is 12.4. The molecule has 2 heterocycles. The number of alkyl halides is 3. The Morgan fingerprint density at radius 3 is 2.62 bits per heavy atom. The van der Waals surface area contributed by atoms with E-state index in [9.17, 15) is 18.0 Å². The van der Waals surface area contributed by atoms with E-state index in [0.717, 1.165) is 16.7 Å². The first-order chi connectivity index (χ1) is 11.4. The molecule has 0 radical (unpaired) electrons. The highest BCUT2D eigenvalue weighted by Gasteiger charge is 2.32. The second-order valence-corrected chi connectivity index (χ2v) is 5.78. The van der Waals surface area contributed by atoms with Crippen LogP contribution in [0.3, 0.4) is 0 Å². The second-order valence-electron chi connectivity index (χ2n) is 4.73. The minimum atomic E-state index is -4.40. The van der Waals surface area contributed by atoms with Crippen LogP contribution in [0.25, 0.3) is 11.5 Å². The van der Waals surface area contributed by atoms with Crippen LogP contribution in [0, 0.1) is 0 Å². The molecule has 130 valence electrons. The lowest BCUT2D eigenvalue weighted by atomic mass is 10.3. The minimum Gasteiger partial charge on any atom is -0.411 e. The van der Waals surface area contributed by atoms with Crippen molar-refractivity contribution in [3.63, 3.8) is 0 Å². The van der Waals surface area contributed by atoms with Gasteiger partial charge in [-0.15, -0.1) is 10.2 Å². The Hall–Kier alpha value is -2.10. The molecule has 2 rings (SSSR count).